The van der Waals surface area contributed by atoms with E-state index in [1.165, 1.54) is 6.26 Å². The molecular formula is C10H13NO4S. The lowest BCUT2D eigenvalue weighted by atomic mass is 10.2. The lowest BCUT2D eigenvalue weighted by Gasteiger charge is -2.20. The van der Waals surface area contributed by atoms with Crippen LogP contribution in [0.5, 0.6) is 11.5 Å². The zero-order chi connectivity index (χ0) is 11.8. The Hall–Kier alpha value is -1.43. The first-order valence-electron chi connectivity index (χ1n) is 4.81. The summed E-state index contributed by atoms with van der Waals surface area (Å²) in [6.45, 7) is 0.951. The van der Waals surface area contributed by atoms with Crippen LogP contribution in [0, 0.1) is 0 Å². The van der Waals surface area contributed by atoms with Gasteiger partial charge in [-0.05, 0) is 11.6 Å². The molecule has 0 amide bonds. The molecule has 0 aromatic heterocycles. The van der Waals surface area contributed by atoms with Crippen LogP contribution in [-0.4, -0.2) is 27.9 Å². The van der Waals surface area contributed by atoms with E-state index in [4.69, 9.17) is 15.2 Å². The van der Waals surface area contributed by atoms with Gasteiger partial charge < -0.3 is 15.2 Å². The standard InChI is InChI=1S/C10H13NO4S/c1-16(12,13)6-7-4-9-10(5-8(7)11)15-3-2-14-9/h4-5H,2-3,6,11H2,1H3. The molecule has 0 unspecified atom stereocenters. The third-order valence-electron chi connectivity index (χ3n) is 2.22. The SMILES string of the molecule is CS(=O)(=O)Cc1cc2c(cc1N)OCCO2. The molecular weight excluding hydrogens is 230 g/mol. The second kappa shape index (κ2) is 3.86. The van der Waals surface area contributed by atoms with Crippen LogP contribution in [0.25, 0.3) is 0 Å². The Morgan fingerprint density at radius 2 is 1.81 bits per heavy atom. The molecule has 0 bridgehead atoms. The molecule has 0 aliphatic carbocycles. The van der Waals surface area contributed by atoms with Crippen LogP contribution in [0.2, 0.25) is 0 Å². The first-order valence-corrected chi connectivity index (χ1v) is 6.87. The van der Waals surface area contributed by atoms with Crippen LogP contribution < -0.4 is 15.2 Å². The summed E-state index contributed by atoms with van der Waals surface area (Å²) in [5.41, 5.74) is 6.71. The quantitative estimate of drug-likeness (QED) is 0.769. The molecule has 16 heavy (non-hydrogen) atoms. The number of nitrogens with two attached hydrogens (primary N) is 1. The van der Waals surface area contributed by atoms with E-state index in [2.05, 4.69) is 0 Å². The predicted molar refractivity (Wildman–Crippen MR) is 60.4 cm³/mol. The van der Waals surface area contributed by atoms with Crippen molar-refractivity contribution >= 4 is 15.5 Å². The highest BCUT2D eigenvalue weighted by atomic mass is 32.2. The first kappa shape index (κ1) is 11.1. The molecule has 0 saturated heterocycles. The van der Waals surface area contributed by atoms with Crippen LogP contribution in [-0.2, 0) is 15.6 Å². The molecule has 0 radical (unpaired) electrons. The second-order valence-electron chi connectivity index (χ2n) is 3.76. The van der Waals surface area contributed by atoms with Gasteiger partial charge in [0.1, 0.15) is 13.2 Å². The number of anilines is 1. The van der Waals surface area contributed by atoms with Gasteiger partial charge in [0, 0.05) is 18.0 Å². The predicted octanol–water partition coefficient (Wildman–Crippen LogP) is 0.585. The molecule has 2 N–H and O–H groups in total. The Balaban J connectivity index is 2.40. The molecule has 0 saturated carbocycles. The Morgan fingerprint density at radius 3 is 2.38 bits per heavy atom. The first-order chi connectivity index (χ1) is 7.46. The maximum Gasteiger partial charge on any atom is 0.163 e. The van der Waals surface area contributed by atoms with Crippen LogP contribution in [0.4, 0.5) is 5.69 Å². The summed E-state index contributed by atoms with van der Waals surface area (Å²) in [5, 5.41) is 0. The zero-order valence-electron chi connectivity index (χ0n) is 8.89. The maximum atomic E-state index is 11.2. The largest absolute Gasteiger partial charge is 0.486 e. The van der Waals surface area contributed by atoms with E-state index in [1.807, 2.05) is 0 Å². The van der Waals surface area contributed by atoms with Crippen molar-refractivity contribution in [1.82, 2.24) is 0 Å². The number of fused-ring (bicyclic) bond motifs is 1. The molecule has 1 aliphatic heterocycles. The van der Waals surface area contributed by atoms with Crippen LogP contribution >= 0.6 is 0 Å². The highest BCUT2D eigenvalue weighted by Crippen LogP contribution is 2.34. The minimum atomic E-state index is -3.10. The van der Waals surface area contributed by atoms with Crippen molar-refractivity contribution in [2.75, 3.05) is 25.2 Å². The summed E-state index contributed by atoms with van der Waals surface area (Å²) in [6, 6.07) is 3.24. The number of benzene rings is 1. The molecule has 0 spiro atoms. The van der Waals surface area contributed by atoms with E-state index in [0.717, 1.165) is 0 Å². The number of sulfone groups is 1. The topological polar surface area (TPSA) is 78.6 Å². The smallest absolute Gasteiger partial charge is 0.163 e. The van der Waals surface area contributed by atoms with Crippen molar-refractivity contribution < 1.29 is 17.9 Å². The summed E-state index contributed by atoms with van der Waals surface area (Å²) in [6.07, 6.45) is 1.17. The van der Waals surface area contributed by atoms with Crippen LogP contribution in [0.3, 0.4) is 0 Å². The van der Waals surface area contributed by atoms with Gasteiger partial charge in [-0.1, -0.05) is 0 Å². The van der Waals surface area contributed by atoms with Gasteiger partial charge in [-0.15, -0.1) is 0 Å². The van der Waals surface area contributed by atoms with Crippen molar-refractivity contribution in [3.63, 3.8) is 0 Å². The fraction of sp³-hybridized carbons (Fsp3) is 0.400. The zero-order valence-corrected chi connectivity index (χ0v) is 9.71. The molecule has 5 nitrogen and oxygen atoms in total. The van der Waals surface area contributed by atoms with E-state index in [-0.39, 0.29) is 5.75 Å². The van der Waals surface area contributed by atoms with Gasteiger partial charge in [-0.25, -0.2) is 8.42 Å². The average molecular weight is 243 g/mol. The van der Waals surface area contributed by atoms with Crippen LogP contribution in [0.15, 0.2) is 12.1 Å². The van der Waals surface area contributed by atoms with Gasteiger partial charge >= 0.3 is 0 Å². The summed E-state index contributed by atoms with van der Waals surface area (Å²) in [5.74, 6) is 1.04. The number of nitrogen functional groups attached to an aromatic ring is 1. The summed E-state index contributed by atoms with van der Waals surface area (Å²) >= 11 is 0. The molecule has 1 heterocycles. The van der Waals surface area contributed by atoms with E-state index in [0.29, 0.717) is 36.0 Å². The molecule has 1 aromatic rings. The van der Waals surface area contributed by atoms with Gasteiger partial charge in [0.05, 0.1) is 5.75 Å². The van der Waals surface area contributed by atoms with E-state index < -0.39 is 9.84 Å². The van der Waals surface area contributed by atoms with Crippen LogP contribution in [0.1, 0.15) is 5.56 Å². The van der Waals surface area contributed by atoms with Crippen molar-refractivity contribution in [2.24, 2.45) is 0 Å². The Morgan fingerprint density at radius 1 is 1.25 bits per heavy atom. The number of hydrogen-bond donors (Lipinski definition) is 1. The summed E-state index contributed by atoms with van der Waals surface area (Å²) in [7, 11) is -3.10. The van der Waals surface area contributed by atoms with Gasteiger partial charge in [-0.3, -0.25) is 0 Å². The van der Waals surface area contributed by atoms with Gasteiger partial charge in [0.25, 0.3) is 0 Å². The summed E-state index contributed by atoms with van der Waals surface area (Å²) < 4.78 is 33.1. The number of hydrogen-bond acceptors (Lipinski definition) is 5. The van der Waals surface area contributed by atoms with Crippen molar-refractivity contribution in [2.45, 2.75) is 5.75 Å². The van der Waals surface area contributed by atoms with Gasteiger partial charge in [-0.2, -0.15) is 0 Å². The van der Waals surface area contributed by atoms with Crippen molar-refractivity contribution in [3.8, 4) is 11.5 Å². The Bertz CT molecular complexity index is 510. The van der Waals surface area contributed by atoms with E-state index in [9.17, 15) is 8.42 Å². The Labute approximate surface area is 94.1 Å². The minimum Gasteiger partial charge on any atom is -0.486 e. The number of ether oxygens (including phenoxy) is 2. The summed E-state index contributed by atoms with van der Waals surface area (Å²) in [4.78, 5) is 0. The van der Waals surface area contributed by atoms with Gasteiger partial charge in [0.2, 0.25) is 0 Å². The Kier molecular flexibility index (Phi) is 2.67. The molecule has 88 valence electrons. The highest BCUT2D eigenvalue weighted by molar-refractivity contribution is 7.89. The normalized spacial score (nSPS) is 14.8. The molecule has 1 aromatic carbocycles. The lowest BCUT2D eigenvalue weighted by molar-refractivity contribution is 0.171. The number of rotatable bonds is 2. The minimum absolute atomic E-state index is 0.0878. The van der Waals surface area contributed by atoms with E-state index in [1.54, 1.807) is 12.1 Å². The third kappa shape index (κ3) is 2.38. The fourth-order valence-corrected chi connectivity index (χ4v) is 2.37. The maximum absolute atomic E-state index is 11.2. The molecule has 2 rings (SSSR count). The molecule has 0 fully saturated rings. The highest BCUT2D eigenvalue weighted by Gasteiger charge is 2.16. The lowest BCUT2D eigenvalue weighted by Crippen LogP contribution is -2.16. The third-order valence-corrected chi connectivity index (χ3v) is 3.06. The van der Waals surface area contributed by atoms with Crippen molar-refractivity contribution in [3.05, 3.63) is 17.7 Å². The fourth-order valence-electron chi connectivity index (χ4n) is 1.55. The van der Waals surface area contributed by atoms with E-state index >= 15 is 0 Å². The van der Waals surface area contributed by atoms with Gasteiger partial charge in [0.15, 0.2) is 21.3 Å². The second-order valence-corrected chi connectivity index (χ2v) is 5.90. The molecule has 0 atom stereocenters. The molecule has 1 aliphatic rings. The average Bonchev–Trinajstić information content (AvgIpc) is 2.17. The van der Waals surface area contributed by atoms with Crippen molar-refractivity contribution in [1.29, 1.82) is 0 Å². The molecule has 6 heteroatoms. The monoisotopic (exact) mass is 243 g/mol.